The third kappa shape index (κ3) is 27.3. The van der Waals surface area contributed by atoms with Crippen LogP contribution in [-0.4, -0.2) is 137 Å². The van der Waals surface area contributed by atoms with Crippen LogP contribution in [0, 0.1) is 0 Å². The molecule has 0 spiro atoms. The highest BCUT2D eigenvalue weighted by atomic mass is 16.7. The number of unbranched alkanes of at least 4 members (excludes halogenated alkanes) is 9. The van der Waals surface area contributed by atoms with E-state index >= 15 is 0 Å². The number of nitrogens with zero attached hydrogens (tertiary/aromatic N) is 2. The van der Waals surface area contributed by atoms with Crippen molar-refractivity contribution in [3.63, 3.8) is 0 Å². The fraction of sp³-hybridized carbons (Fsp3) is 0.818. The summed E-state index contributed by atoms with van der Waals surface area (Å²) >= 11 is 0. The van der Waals surface area contributed by atoms with Crippen LogP contribution in [-0.2, 0) is 38.3 Å². The molecule has 284 valence electrons. The molecule has 0 fully saturated rings. The quantitative estimate of drug-likeness (QED) is 0.0319. The van der Waals surface area contributed by atoms with Crippen LogP contribution >= 0.6 is 0 Å². The molecule has 0 aromatic rings. The van der Waals surface area contributed by atoms with Gasteiger partial charge in [-0.2, -0.15) is 5.48 Å². The number of hydrogen-bond donors (Lipinski definition) is 6. The molecule has 0 heterocycles. The van der Waals surface area contributed by atoms with E-state index < -0.39 is 55.3 Å². The number of aldehydes is 1. The Morgan fingerprint density at radius 1 is 0.735 bits per heavy atom. The van der Waals surface area contributed by atoms with Gasteiger partial charge in [-0.3, -0.25) is 29.0 Å². The highest BCUT2D eigenvalue weighted by Crippen LogP contribution is 2.19. The van der Waals surface area contributed by atoms with Crippen molar-refractivity contribution in [2.75, 3.05) is 52.4 Å². The number of carboxylic acid groups (broad SMARTS) is 3. The lowest BCUT2D eigenvalue weighted by Crippen LogP contribution is -2.41. The van der Waals surface area contributed by atoms with Crippen LogP contribution in [0.3, 0.4) is 0 Å². The van der Waals surface area contributed by atoms with Crippen LogP contribution in [0.1, 0.15) is 104 Å². The Labute approximate surface area is 289 Å². The molecule has 0 aromatic heterocycles. The predicted molar refractivity (Wildman–Crippen MR) is 180 cm³/mol. The first-order valence-electron chi connectivity index (χ1n) is 17.5. The fourth-order valence-electron chi connectivity index (χ4n) is 5.13. The van der Waals surface area contributed by atoms with Gasteiger partial charge in [-0.25, -0.2) is 4.79 Å². The molecule has 0 aromatic carbocycles. The van der Waals surface area contributed by atoms with Gasteiger partial charge in [0.1, 0.15) is 6.29 Å². The highest BCUT2D eigenvalue weighted by Gasteiger charge is 2.26. The smallest absolute Gasteiger partial charge is 0.353 e. The molecule has 3 unspecified atom stereocenters. The number of hydrogen-bond acceptors (Lipinski definition) is 12. The average Bonchev–Trinajstić information content (AvgIpc) is 3.02. The van der Waals surface area contributed by atoms with Gasteiger partial charge in [0.25, 0.3) is 0 Å². The number of carbonyl (C=O) groups excluding carboxylic acids is 3. The first-order chi connectivity index (χ1) is 23.4. The number of aliphatic carboxylic acids is 3. The van der Waals surface area contributed by atoms with E-state index in [1.54, 1.807) is 0 Å². The molecule has 49 heavy (non-hydrogen) atoms. The topological polar surface area (TPSA) is 232 Å². The van der Waals surface area contributed by atoms with E-state index in [1.165, 1.54) is 23.1 Å². The Hall–Kier alpha value is -3.18. The minimum Gasteiger partial charge on any atom is -0.480 e. The van der Waals surface area contributed by atoms with E-state index in [1.807, 2.05) is 0 Å². The van der Waals surface area contributed by atoms with Gasteiger partial charge in [-0.15, -0.1) is 0 Å². The van der Waals surface area contributed by atoms with Gasteiger partial charge in [0.15, 0.2) is 6.10 Å². The van der Waals surface area contributed by atoms with Crippen molar-refractivity contribution < 1.29 is 58.8 Å². The Morgan fingerprint density at radius 3 is 1.86 bits per heavy atom. The molecule has 1 amide bonds. The summed E-state index contributed by atoms with van der Waals surface area (Å²) in [6, 6.07) is 0. The number of aliphatic hydroxyl groups excluding tert-OH is 1. The molecule has 0 bridgehead atoms. The van der Waals surface area contributed by atoms with Crippen molar-refractivity contribution in [3.8, 4) is 0 Å². The molecule has 6 N–H and O–H groups in total. The summed E-state index contributed by atoms with van der Waals surface area (Å²) in [5, 5.41) is 40.5. The van der Waals surface area contributed by atoms with Crippen molar-refractivity contribution in [2.45, 2.75) is 122 Å². The highest BCUT2D eigenvalue weighted by molar-refractivity contribution is 5.76. The SMILES string of the molecule is CCCCCCCCC(O)C(CCCCCCCC(=O)NCCN(CC=O)CC(=O)O)OC(C)C(=O)ONCCN(CC(=O)O)CC(=O)O. The number of amides is 1. The third-order valence-electron chi connectivity index (χ3n) is 7.75. The van der Waals surface area contributed by atoms with Crippen LogP contribution < -0.4 is 10.8 Å². The lowest BCUT2D eigenvalue weighted by molar-refractivity contribution is -0.172. The van der Waals surface area contributed by atoms with Crippen LogP contribution in [0.2, 0.25) is 0 Å². The molecular weight excluding hydrogens is 644 g/mol. The zero-order valence-electron chi connectivity index (χ0n) is 29.3. The molecule has 0 saturated carbocycles. The number of hydroxylamine groups is 1. The first kappa shape index (κ1) is 45.8. The monoisotopic (exact) mass is 704 g/mol. The second-order valence-electron chi connectivity index (χ2n) is 12.2. The van der Waals surface area contributed by atoms with E-state index in [9.17, 15) is 33.9 Å². The Morgan fingerprint density at radius 2 is 1.27 bits per heavy atom. The van der Waals surface area contributed by atoms with Gasteiger partial charge >= 0.3 is 23.9 Å². The molecule has 0 saturated heterocycles. The molecule has 0 aliphatic rings. The van der Waals surface area contributed by atoms with Crippen molar-refractivity contribution in [1.82, 2.24) is 20.6 Å². The molecule has 16 nitrogen and oxygen atoms in total. The molecular formula is C33H60N4O12. The maximum atomic E-state index is 12.6. The van der Waals surface area contributed by atoms with Crippen LogP contribution in [0.4, 0.5) is 0 Å². The van der Waals surface area contributed by atoms with E-state index in [2.05, 4.69) is 17.7 Å². The molecule has 0 rings (SSSR count). The average molecular weight is 705 g/mol. The minimum absolute atomic E-state index is 0.00242. The molecule has 0 aliphatic heterocycles. The van der Waals surface area contributed by atoms with Gasteiger partial charge < -0.3 is 40.1 Å². The van der Waals surface area contributed by atoms with E-state index in [4.69, 9.17) is 24.9 Å². The molecule has 3 atom stereocenters. The summed E-state index contributed by atoms with van der Waals surface area (Å²) in [7, 11) is 0. The largest absolute Gasteiger partial charge is 0.480 e. The normalized spacial score (nSPS) is 13.2. The van der Waals surface area contributed by atoms with Crippen molar-refractivity contribution in [3.05, 3.63) is 0 Å². The summed E-state index contributed by atoms with van der Waals surface area (Å²) in [5.41, 5.74) is 2.43. The standard InChI is InChI=1S/C33H60N4O12/c1-3-4-5-6-8-11-14-27(39)28(48-26(2)33(47)49-35-18-20-37(24-31(43)44)25-32(45)46)15-12-9-7-10-13-16-29(40)34-17-19-36(21-22-38)23-30(41)42/h22,26-28,35,39H,3-21,23-25H2,1-2H3,(H,34,40)(H,41,42)(H,43,44)(H,45,46). The second-order valence-corrected chi connectivity index (χ2v) is 12.2. The maximum absolute atomic E-state index is 12.6. The number of nitrogens with one attached hydrogen (secondary N) is 2. The van der Waals surface area contributed by atoms with Gasteiger partial charge in [-0.05, 0) is 26.2 Å². The van der Waals surface area contributed by atoms with Crippen LogP contribution in [0.5, 0.6) is 0 Å². The third-order valence-corrected chi connectivity index (χ3v) is 7.75. The zero-order valence-corrected chi connectivity index (χ0v) is 29.3. The van der Waals surface area contributed by atoms with Gasteiger partial charge in [0.05, 0.1) is 38.4 Å². The molecule has 0 aliphatic carbocycles. The first-order valence-corrected chi connectivity index (χ1v) is 17.5. The molecule has 0 radical (unpaired) electrons. The second kappa shape index (κ2) is 29.7. The van der Waals surface area contributed by atoms with E-state index in [0.717, 1.165) is 57.8 Å². The van der Waals surface area contributed by atoms with E-state index in [-0.39, 0.29) is 45.2 Å². The summed E-state index contributed by atoms with van der Waals surface area (Å²) in [6.07, 6.45) is 10.0. The van der Waals surface area contributed by atoms with Gasteiger partial charge in [0.2, 0.25) is 5.91 Å². The number of aliphatic hydroxyl groups is 1. The number of rotatable bonds is 34. The van der Waals surface area contributed by atoms with Crippen molar-refractivity contribution in [1.29, 1.82) is 0 Å². The lowest BCUT2D eigenvalue weighted by Gasteiger charge is -2.26. The van der Waals surface area contributed by atoms with Crippen LogP contribution in [0.15, 0.2) is 0 Å². The minimum atomic E-state index is -1.18. The summed E-state index contributed by atoms with van der Waals surface area (Å²) in [5.74, 6) is -4.26. The Bertz CT molecular complexity index is 939. The van der Waals surface area contributed by atoms with E-state index in [0.29, 0.717) is 32.0 Å². The number of carboxylic acids is 3. The van der Waals surface area contributed by atoms with Crippen molar-refractivity contribution >= 4 is 36.1 Å². The zero-order chi connectivity index (χ0) is 36.9. The summed E-state index contributed by atoms with van der Waals surface area (Å²) < 4.78 is 5.96. The Balaban J connectivity index is 4.66. The predicted octanol–water partition coefficient (Wildman–Crippen LogP) is 1.82. The van der Waals surface area contributed by atoms with Crippen molar-refractivity contribution in [2.24, 2.45) is 0 Å². The summed E-state index contributed by atoms with van der Waals surface area (Å²) in [4.78, 5) is 75.8. The number of carbonyl (C=O) groups is 6. The summed E-state index contributed by atoms with van der Waals surface area (Å²) in [6.45, 7) is 2.96. The molecule has 16 heteroatoms. The van der Waals surface area contributed by atoms with Gasteiger partial charge in [-0.1, -0.05) is 71.1 Å². The number of ether oxygens (including phenoxy) is 1. The maximum Gasteiger partial charge on any atom is 0.353 e. The fourth-order valence-corrected chi connectivity index (χ4v) is 5.13. The van der Waals surface area contributed by atoms with Gasteiger partial charge in [0, 0.05) is 32.6 Å². The Kier molecular flexibility index (Phi) is 27.8. The van der Waals surface area contributed by atoms with Crippen LogP contribution in [0.25, 0.3) is 0 Å². The lowest BCUT2D eigenvalue weighted by atomic mass is 9.99.